The van der Waals surface area contributed by atoms with Crippen LogP contribution in [0.3, 0.4) is 0 Å². The normalized spacial score (nSPS) is 21.8. The number of hydrogen-bond acceptors (Lipinski definition) is 3. The summed E-state index contributed by atoms with van der Waals surface area (Å²) in [6.45, 7) is 3.83. The van der Waals surface area contributed by atoms with Gasteiger partial charge in [-0.05, 0) is 6.07 Å². The van der Waals surface area contributed by atoms with Crippen LogP contribution in [0.4, 0.5) is 10.2 Å². The van der Waals surface area contributed by atoms with Crippen LogP contribution in [0.2, 0.25) is 5.02 Å². The van der Waals surface area contributed by atoms with Gasteiger partial charge in [0.15, 0.2) is 11.6 Å². The minimum atomic E-state index is -0.332. The highest BCUT2D eigenvalue weighted by atomic mass is 35.5. The number of pyridine rings is 1. The van der Waals surface area contributed by atoms with Crippen LogP contribution in [0.15, 0.2) is 12.3 Å². The fourth-order valence-electron chi connectivity index (χ4n) is 1.65. The van der Waals surface area contributed by atoms with Crippen molar-refractivity contribution in [1.82, 2.24) is 4.98 Å². The Morgan fingerprint density at radius 1 is 1.67 bits per heavy atom. The summed E-state index contributed by atoms with van der Waals surface area (Å²) < 4.78 is 13.6. The Labute approximate surface area is 97.8 Å². The predicted octanol–water partition coefficient (Wildman–Crippen LogP) is 2.82. The molecule has 1 aliphatic rings. The molecule has 1 saturated heterocycles. The highest BCUT2D eigenvalue weighted by molar-refractivity contribution is 8.00. The zero-order valence-corrected chi connectivity index (χ0v) is 9.98. The maximum Gasteiger partial charge on any atom is 0.167 e. The smallest absolute Gasteiger partial charge is 0.167 e. The van der Waals surface area contributed by atoms with E-state index in [1.165, 1.54) is 12.3 Å². The maximum absolute atomic E-state index is 13.6. The summed E-state index contributed by atoms with van der Waals surface area (Å²) in [5.74, 6) is 1.11. The molecule has 0 spiro atoms. The van der Waals surface area contributed by atoms with E-state index < -0.39 is 0 Å². The van der Waals surface area contributed by atoms with Gasteiger partial charge in [-0.2, -0.15) is 11.8 Å². The zero-order valence-electron chi connectivity index (χ0n) is 8.41. The highest BCUT2D eigenvalue weighted by Crippen LogP contribution is 2.25. The minimum Gasteiger partial charge on any atom is -0.352 e. The van der Waals surface area contributed by atoms with Crippen LogP contribution in [0.5, 0.6) is 0 Å². The first-order valence-electron chi connectivity index (χ1n) is 4.84. The largest absolute Gasteiger partial charge is 0.352 e. The quantitative estimate of drug-likeness (QED) is 0.758. The van der Waals surface area contributed by atoms with E-state index in [1.54, 1.807) is 0 Å². The van der Waals surface area contributed by atoms with Crippen molar-refractivity contribution in [2.24, 2.45) is 0 Å². The van der Waals surface area contributed by atoms with Crippen LogP contribution in [0.1, 0.15) is 6.92 Å². The van der Waals surface area contributed by atoms with Gasteiger partial charge < -0.3 is 4.90 Å². The number of hydrogen-bond donors (Lipinski definition) is 0. The fraction of sp³-hybridized carbons (Fsp3) is 0.500. The van der Waals surface area contributed by atoms with Gasteiger partial charge in [-0.15, -0.1) is 0 Å². The molecule has 0 aliphatic carbocycles. The van der Waals surface area contributed by atoms with Gasteiger partial charge in [0.1, 0.15) is 0 Å². The lowest BCUT2D eigenvalue weighted by molar-refractivity contribution is 0.608. The monoisotopic (exact) mass is 246 g/mol. The first kappa shape index (κ1) is 11.0. The van der Waals surface area contributed by atoms with Gasteiger partial charge in [-0.1, -0.05) is 18.5 Å². The van der Waals surface area contributed by atoms with E-state index in [0.717, 1.165) is 18.8 Å². The molecule has 5 heteroatoms. The van der Waals surface area contributed by atoms with Crippen molar-refractivity contribution in [3.63, 3.8) is 0 Å². The summed E-state index contributed by atoms with van der Waals surface area (Å²) in [5, 5.41) is 0.867. The van der Waals surface area contributed by atoms with Gasteiger partial charge in [0.05, 0.1) is 5.02 Å². The second-order valence-electron chi connectivity index (χ2n) is 3.59. The molecule has 0 amide bonds. The molecule has 1 atom stereocenters. The average Bonchev–Trinajstić information content (AvgIpc) is 2.17. The van der Waals surface area contributed by atoms with Crippen LogP contribution in [0, 0.1) is 5.82 Å². The van der Waals surface area contributed by atoms with Gasteiger partial charge in [0, 0.05) is 30.3 Å². The fourth-order valence-corrected chi connectivity index (χ4v) is 2.81. The summed E-state index contributed by atoms with van der Waals surface area (Å²) in [5.41, 5.74) is 0. The standard InChI is InChI=1S/C10H12ClFN2S/c1-7-6-14(2-3-15-7)10-9(12)4-8(11)5-13-10/h4-5,7H,2-3,6H2,1H3. The van der Waals surface area contributed by atoms with E-state index in [9.17, 15) is 4.39 Å². The third-order valence-electron chi connectivity index (χ3n) is 2.33. The van der Waals surface area contributed by atoms with Gasteiger partial charge in [-0.25, -0.2) is 9.37 Å². The third-order valence-corrected chi connectivity index (χ3v) is 3.67. The van der Waals surface area contributed by atoms with Crippen LogP contribution >= 0.6 is 23.4 Å². The molecule has 0 bridgehead atoms. The van der Waals surface area contributed by atoms with E-state index in [1.807, 2.05) is 16.7 Å². The maximum atomic E-state index is 13.6. The van der Waals surface area contributed by atoms with E-state index in [2.05, 4.69) is 11.9 Å². The Hall–Kier alpha value is -0.480. The van der Waals surface area contributed by atoms with E-state index >= 15 is 0 Å². The summed E-state index contributed by atoms with van der Waals surface area (Å²) in [6, 6.07) is 1.32. The molecule has 2 heterocycles. The summed E-state index contributed by atoms with van der Waals surface area (Å²) in [7, 11) is 0. The molecule has 0 saturated carbocycles. The molecule has 15 heavy (non-hydrogen) atoms. The molecule has 1 fully saturated rings. The number of rotatable bonds is 1. The lowest BCUT2D eigenvalue weighted by atomic mass is 10.3. The second-order valence-corrected chi connectivity index (χ2v) is 5.57. The van der Waals surface area contributed by atoms with Crippen molar-refractivity contribution >= 4 is 29.2 Å². The highest BCUT2D eigenvalue weighted by Gasteiger charge is 2.20. The Bertz CT molecular complexity index is 361. The summed E-state index contributed by atoms with van der Waals surface area (Å²) in [4.78, 5) is 6.02. The van der Waals surface area contributed by atoms with Crippen LogP contribution in [0.25, 0.3) is 0 Å². The molecule has 1 aliphatic heterocycles. The topological polar surface area (TPSA) is 16.1 Å². The number of thioether (sulfide) groups is 1. The van der Waals surface area contributed by atoms with Crippen LogP contribution in [-0.2, 0) is 0 Å². The lowest BCUT2D eigenvalue weighted by Crippen LogP contribution is -2.37. The van der Waals surface area contributed by atoms with Crippen molar-refractivity contribution in [3.8, 4) is 0 Å². The van der Waals surface area contributed by atoms with Gasteiger partial charge in [-0.3, -0.25) is 0 Å². The molecule has 1 aromatic heterocycles. The number of anilines is 1. The van der Waals surface area contributed by atoms with Crippen LogP contribution < -0.4 is 4.90 Å². The van der Waals surface area contributed by atoms with Crippen molar-refractivity contribution in [2.45, 2.75) is 12.2 Å². The van der Waals surface area contributed by atoms with Gasteiger partial charge in [0.2, 0.25) is 0 Å². The van der Waals surface area contributed by atoms with E-state index in [0.29, 0.717) is 16.1 Å². The molecule has 0 N–H and O–H groups in total. The Morgan fingerprint density at radius 3 is 3.13 bits per heavy atom. The molecule has 2 nitrogen and oxygen atoms in total. The number of aromatic nitrogens is 1. The zero-order chi connectivity index (χ0) is 10.8. The van der Waals surface area contributed by atoms with Gasteiger partial charge in [0.25, 0.3) is 0 Å². The van der Waals surface area contributed by atoms with Gasteiger partial charge >= 0.3 is 0 Å². The molecule has 1 unspecified atom stereocenters. The van der Waals surface area contributed by atoms with E-state index in [4.69, 9.17) is 11.6 Å². The molecular weight excluding hydrogens is 235 g/mol. The molecule has 0 radical (unpaired) electrons. The number of nitrogens with zero attached hydrogens (tertiary/aromatic N) is 2. The van der Waals surface area contributed by atoms with Crippen molar-refractivity contribution in [3.05, 3.63) is 23.1 Å². The summed E-state index contributed by atoms with van der Waals surface area (Å²) >= 11 is 7.57. The molecule has 2 rings (SSSR count). The SMILES string of the molecule is CC1CN(c2ncc(Cl)cc2F)CCS1. The Morgan fingerprint density at radius 2 is 2.47 bits per heavy atom. The third kappa shape index (κ3) is 2.55. The van der Waals surface area contributed by atoms with E-state index in [-0.39, 0.29) is 5.82 Å². The molecule has 82 valence electrons. The predicted molar refractivity (Wildman–Crippen MR) is 63.3 cm³/mol. The first-order valence-corrected chi connectivity index (χ1v) is 6.27. The Kier molecular flexibility index (Phi) is 3.36. The van der Waals surface area contributed by atoms with Crippen molar-refractivity contribution in [2.75, 3.05) is 23.7 Å². The average molecular weight is 247 g/mol. The number of halogens is 2. The van der Waals surface area contributed by atoms with Crippen molar-refractivity contribution < 1.29 is 4.39 Å². The van der Waals surface area contributed by atoms with Crippen molar-refractivity contribution in [1.29, 1.82) is 0 Å². The molecule has 0 aromatic carbocycles. The van der Waals surface area contributed by atoms with Crippen LogP contribution in [-0.4, -0.2) is 29.1 Å². The molecule has 1 aromatic rings. The second kappa shape index (κ2) is 4.58. The lowest BCUT2D eigenvalue weighted by Gasteiger charge is -2.31. The minimum absolute atomic E-state index is 0.332. The first-order chi connectivity index (χ1) is 7.16. The summed E-state index contributed by atoms with van der Waals surface area (Å²) in [6.07, 6.45) is 1.49. The Balaban J connectivity index is 2.21. The molecular formula is C10H12ClFN2S.